The van der Waals surface area contributed by atoms with Crippen LogP contribution < -0.4 is 5.73 Å². The number of nitrogen functional groups attached to an aromatic ring is 1. The fraction of sp³-hybridized carbons (Fsp3) is 0.400. The summed E-state index contributed by atoms with van der Waals surface area (Å²) in [5.41, 5.74) is 7.18. The van der Waals surface area contributed by atoms with Crippen molar-refractivity contribution in [1.82, 2.24) is 19.1 Å². The Morgan fingerprint density at radius 3 is 2.33 bits per heavy atom. The van der Waals surface area contributed by atoms with Crippen molar-refractivity contribution in [3.05, 3.63) is 34.2 Å². The summed E-state index contributed by atoms with van der Waals surface area (Å²) in [5.74, 6) is 0.362. The fourth-order valence-electron chi connectivity index (χ4n) is 1.90. The first-order chi connectivity index (χ1) is 8.50. The molecule has 0 radical (unpaired) electrons. The van der Waals surface area contributed by atoms with Crippen molar-refractivity contribution < 1.29 is 4.92 Å². The molecule has 0 aliphatic carbocycles. The Balaban J connectivity index is 2.21. The first kappa shape index (κ1) is 12.1. The highest BCUT2D eigenvalue weighted by Gasteiger charge is 2.20. The van der Waals surface area contributed by atoms with E-state index in [0.29, 0.717) is 24.4 Å². The average Bonchev–Trinajstić information content (AvgIpc) is 2.82. The SMILES string of the molecule is Cn1cnc(N)c1CCc1c([N+](=O)[O-])ncn1C. The number of aryl methyl sites for hydroxylation is 2. The van der Waals surface area contributed by atoms with E-state index < -0.39 is 4.92 Å². The second-order valence-corrected chi connectivity index (χ2v) is 4.07. The van der Waals surface area contributed by atoms with Crippen LogP contribution in [0.25, 0.3) is 0 Å². The molecule has 2 rings (SSSR count). The van der Waals surface area contributed by atoms with Crippen molar-refractivity contribution in [3.8, 4) is 0 Å². The molecule has 0 spiro atoms. The van der Waals surface area contributed by atoms with Crippen LogP contribution in [-0.2, 0) is 26.9 Å². The number of nitrogens with zero attached hydrogens (tertiary/aromatic N) is 5. The molecule has 0 bridgehead atoms. The van der Waals surface area contributed by atoms with Crippen LogP contribution >= 0.6 is 0 Å². The third-order valence-corrected chi connectivity index (χ3v) is 2.90. The molecular formula is C10H14N6O2. The lowest BCUT2D eigenvalue weighted by Gasteiger charge is -2.04. The zero-order valence-corrected chi connectivity index (χ0v) is 10.2. The summed E-state index contributed by atoms with van der Waals surface area (Å²) in [6.45, 7) is 0. The van der Waals surface area contributed by atoms with Gasteiger partial charge in [-0.3, -0.25) is 0 Å². The highest BCUT2D eigenvalue weighted by Crippen LogP contribution is 2.19. The van der Waals surface area contributed by atoms with E-state index in [4.69, 9.17) is 5.73 Å². The van der Waals surface area contributed by atoms with Gasteiger partial charge in [-0.15, -0.1) is 0 Å². The molecule has 0 aliphatic heterocycles. The van der Waals surface area contributed by atoms with E-state index in [1.165, 1.54) is 6.33 Å². The van der Waals surface area contributed by atoms with E-state index >= 15 is 0 Å². The minimum absolute atomic E-state index is 0.0989. The van der Waals surface area contributed by atoms with Crippen LogP contribution in [0.4, 0.5) is 11.6 Å². The summed E-state index contributed by atoms with van der Waals surface area (Å²) in [6, 6.07) is 0. The van der Waals surface area contributed by atoms with E-state index in [0.717, 1.165) is 5.69 Å². The first-order valence-electron chi connectivity index (χ1n) is 5.41. The lowest BCUT2D eigenvalue weighted by molar-refractivity contribution is -0.390. The monoisotopic (exact) mass is 250 g/mol. The number of nitro groups is 1. The number of imidazole rings is 2. The summed E-state index contributed by atoms with van der Waals surface area (Å²) in [6.07, 6.45) is 4.15. The molecule has 2 aromatic heterocycles. The van der Waals surface area contributed by atoms with Crippen LogP contribution in [0.2, 0.25) is 0 Å². The van der Waals surface area contributed by atoms with Gasteiger partial charge in [-0.25, -0.2) is 4.98 Å². The molecule has 0 aromatic carbocycles. The predicted molar refractivity (Wildman–Crippen MR) is 64.9 cm³/mol. The Bertz CT molecular complexity index is 566. The molecule has 96 valence electrons. The lowest BCUT2D eigenvalue weighted by Crippen LogP contribution is -2.06. The summed E-state index contributed by atoms with van der Waals surface area (Å²) < 4.78 is 3.47. The van der Waals surface area contributed by atoms with E-state index in [-0.39, 0.29) is 5.82 Å². The van der Waals surface area contributed by atoms with Crippen LogP contribution in [0, 0.1) is 10.1 Å². The van der Waals surface area contributed by atoms with Gasteiger partial charge in [0.25, 0.3) is 0 Å². The van der Waals surface area contributed by atoms with Crippen LogP contribution in [0.1, 0.15) is 11.4 Å². The van der Waals surface area contributed by atoms with Crippen LogP contribution in [0.3, 0.4) is 0 Å². The molecule has 2 aromatic rings. The van der Waals surface area contributed by atoms with Crippen molar-refractivity contribution >= 4 is 11.6 Å². The smallest absolute Gasteiger partial charge is 0.382 e. The predicted octanol–water partition coefficient (Wildman–Crippen LogP) is 0.429. The van der Waals surface area contributed by atoms with Crippen molar-refractivity contribution in [2.45, 2.75) is 12.8 Å². The molecule has 0 saturated heterocycles. The largest absolute Gasteiger partial charge is 0.384 e. The second kappa shape index (κ2) is 4.47. The minimum atomic E-state index is -0.470. The molecule has 8 nitrogen and oxygen atoms in total. The normalized spacial score (nSPS) is 10.8. The van der Waals surface area contributed by atoms with Gasteiger partial charge >= 0.3 is 5.82 Å². The molecule has 0 amide bonds. The highest BCUT2D eigenvalue weighted by molar-refractivity contribution is 5.36. The summed E-state index contributed by atoms with van der Waals surface area (Å²) >= 11 is 0. The Kier molecular flexibility index (Phi) is 3.00. The van der Waals surface area contributed by atoms with Gasteiger partial charge < -0.3 is 25.0 Å². The van der Waals surface area contributed by atoms with Crippen molar-refractivity contribution in [2.75, 3.05) is 5.73 Å². The van der Waals surface area contributed by atoms with Gasteiger partial charge in [-0.2, -0.15) is 0 Å². The lowest BCUT2D eigenvalue weighted by atomic mass is 10.2. The number of nitrogens with two attached hydrogens (primary N) is 1. The van der Waals surface area contributed by atoms with Gasteiger partial charge in [0.05, 0.1) is 12.0 Å². The molecule has 2 heterocycles. The Hall–Kier alpha value is -2.38. The van der Waals surface area contributed by atoms with E-state index in [1.54, 1.807) is 17.9 Å². The van der Waals surface area contributed by atoms with Gasteiger partial charge in [0.15, 0.2) is 0 Å². The quantitative estimate of drug-likeness (QED) is 0.625. The molecule has 0 saturated carbocycles. The van der Waals surface area contributed by atoms with Gasteiger partial charge in [-0.1, -0.05) is 0 Å². The standard InChI is InChI=1S/C10H14N6O2/c1-14-5-12-9(11)7(14)3-4-8-10(16(17)18)13-6-15(8)2/h5-6H,3-4,11H2,1-2H3. The molecule has 0 atom stereocenters. The third kappa shape index (κ3) is 2.04. The third-order valence-electron chi connectivity index (χ3n) is 2.90. The van der Waals surface area contributed by atoms with Crippen LogP contribution in [0.15, 0.2) is 12.7 Å². The topological polar surface area (TPSA) is 105 Å². The van der Waals surface area contributed by atoms with Crippen molar-refractivity contribution in [1.29, 1.82) is 0 Å². The maximum absolute atomic E-state index is 10.8. The zero-order chi connectivity index (χ0) is 13.3. The fourth-order valence-corrected chi connectivity index (χ4v) is 1.90. The van der Waals surface area contributed by atoms with Crippen molar-refractivity contribution in [3.63, 3.8) is 0 Å². The Labute approximate surface area is 103 Å². The maximum atomic E-state index is 10.8. The van der Waals surface area contributed by atoms with Gasteiger partial charge in [0.1, 0.15) is 11.5 Å². The summed E-state index contributed by atoms with van der Waals surface area (Å²) in [4.78, 5) is 18.1. The van der Waals surface area contributed by atoms with Crippen LogP contribution in [0.5, 0.6) is 0 Å². The van der Waals surface area contributed by atoms with Crippen molar-refractivity contribution in [2.24, 2.45) is 14.1 Å². The molecule has 0 unspecified atom stereocenters. The highest BCUT2D eigenvalue weighted by atomic mass is 16.6. The van der Waals surface area contributed by atoms with Gasteiger partial charge in [0.2, 0.25) is 6.33 Å². The zero-order valence-electron chi connectivity index (χ0n) is 10.2. The molecule has 0 aliphatic rings. The Morgan fingerprint density at radius 2 is 1.78 bits per heavy atom. The second-order valence-electron chi connectivity index (χ2n) is 4.07. The van der Waals surface area contributed by atoms with Crippen LogP contribution in [-0.4, -0.2) is 24.0 Å². The average molecular weight is 250 g/mol. The van der Waals surface area contributed by atoms with E-state index in [2.05, 4.69) is 9.97 Å². The maximum Gasteiger partial charge on any atom is 0.384 e. The molecule has 18 heavy (non-hydrogen) atoms. The number of hydrogen-bond acceptors (Lipinski definition) is 5. The molecule has 0 fully saturated rings. The molecule has 8 heteroatoms. The first-order valence-corrected chi connectivity index (χ1v) is 5.41. The molecular weight excluding hydrogens is 236 g/mol. The van der Waals surface area contributed by atoms with Gasteiger partial charge in [-0.05, 0) is 16.3 Å². The van der Waals surface area contributed by atoms with E-state index in [9.17, 15) is 10.1 Å². The number of rotatable bonds is 4. The Morgan fingerprint density at radius 1 is 1.22 bits per heavy atom. The minimum Gasteiger partial charge on any atom is -0.382 e. The molecule has 2 N–H and O–H groups in total. The number of aromatic nitrogens is 4. The number of hydrogen-bond donors (Lipinski definition) is 1. The summed E-state index contributed by atoms with van der Waals surface area (Å²) in [7, 11) is 3.58. The number of anilines is 1. The van der Waals surface area contributed by atoms with E-state index in [1.807, 2.05) is 11.6 Å². The van der Waals surface area contributed by atoms with Gasteiger partial charge in [0, 0.05) is 20.5 Å². The summed E-state index contributed by atoms with van der Waals surface area (Å²) in [5, 5.41) is 10.8.